The van der Waals surface area contributed by atoms with Gasteiger partial charge in [0.15, 0.2) is 23.0 Å². The van der Waals surface area contributed by atoms with Gasteiger partial charge in [0.1, 0.15) is 0 Å². The number of carbonyl (C=O) groups excluding carboxylic acids is 1. The second-order valence-corrected chi connectivity index (χ2v) is 7.77. The minimum Gasteiger partial charge on any atom is -0.545 e. The summed E-state index contributed by atoms with van der Waals surface area (Å²) in [5.41, 5.74) is 3.72. The summed E-state index contributed by atoms with van der Waals surface area (Å²) in [6.45, 7) is 0. The predicted octanol–water partition coefficient (Wildman–Crippen LogP) is 1.01. The molecule has 0 fully saturated rings. The smallest absolute Gasteiger partial charge is 0.545 e. The fraction of sp³-hybridized carbons (Fsp3) is 0.0714. The second kappa shape index (κ2) is 12.3. The normalized spacial score (nSPS) is 11.0. The first kappa shape index (κ1) is 27.6. The molecule has 0 radical (unpaired) electrons. The zero-order chi connectivity index (χ0) is 25.7. The fourth-order valence-electron chi connectivity index (χ4n) is 3.52. The molecule has 182 valence electrons. The van der Waals surface area contributed by atoms with Crippen LogP contribution in [0.25, 0.3) is 30.0 Å². The van der Waals surface area contributed by atoms with Gasteiger partial charge < -0.3 is 29.6 Å². The van der Waals surface area contributed by atoms with Crippen molar-refractivity contribution in [3.63, 3.8) is 0 Å². The van der Waals surface area contributed by atoms with Crippen molar-refractivity contribution in [2.45, 2.75) is 0 Å². The van der Waals surface area contributed by atoms with Gasteiger partial charge in [-0.15, -0.1) is 0 Å². The molecule has 2 N–H and O–H groups in total. The van der Waals surface area contributed by atoms with Crippen LogP contribution in [0.2, 0.25) is 0 Å². The van der Waals surface area contributed by atoms with E-state index in [1.807, 2.05) is 30.4 Å². The minimum absolute atomic E-state index is 0. The van der Waals surface area contributed by atoms with Crippen LogP contribution in [0, 0.1) is 0 Å². The van der Waals surface area contributed by atoms with E-state index in [-0.39, 0.29) is 46.6 Å². The Hall–Kier alpha value is -3.98. The summed E-state index contributed by atoms with van der Waals surface area (Å²) in [7, 11) is 2.97. The van der Waals surface area contributed by atoms with Crippen molar-refractivity contribution in [1.29, 1.82) is 0 Å². The Morgan fingerprint density at radius 2 is 1.35 bits per heavy atom. The van der Waals surface area contributed by atoms with E-state index < -0.39 is 5.97 Å². The average Bonchev–Trinajstić information content (AvgIpc) is 3.30. The number of ether oxygens (including phenoxy) is 2. The van der Waals surface area contributed by atoms with Crippen LogP contribution >= 0.6 is 0 Å². The topological polar surface area (TPSA) is 117 Å². The molecule has 0 amide bonds. The van der Waals surface area contributed by atoms with Crippen molar-refractivity contribution in [3.8, 4) is 28.7 Å². The average molecular weight is 506 g/mol. The molecule has 0 aliphatic rings. The van der Waals surface area contributed by atoms with Gasteiger partial charge in [-0.25, -0.2) is 4.68 Å². The van der Waals surface area contributed by atoms with Gasteiger partial charge in [0.2, 0.25) is 0 Å². The van der Waals surface area contributed by atoms with E-state index in [1.165, 1.54) is 26.4 Å². The Morgan fingerprint density at radius 3 is 1.86 bits per heavy atom. The first-order chi connectivity index (χ1) is 17.4. The number of carboxylic acids is 1. The summed E-state index contributed by atoms with van der Waals surface area (Å²) in [5.74, 6) is -0.431. The van der Waals surface area contributed by atoms with E-state index in [4.69, 9.17) is 9.47 Å². The maximum absolute atomic E-state index is 11.1. The summed E-state index contributed by atoms with van der Waals surface area (Å²) in [6.07, 6.45) is 7.36. The Morgan fingerprint density at radius 1 is 0.811 bits per heavy atom. The van der Waals surface area contributed by atoms with E-state index in [0.29, 0.717) is 22.9 Å². The van der Waals surface area contributed by atoms with Crippen LogP contribution in [0.4, 0.5) is 0 Å². The van der Waals surface area contributed by atoms with Gasteiger partial charge in [-0.3, -0.25) is 0 Å². The van der Waals surface area contributed by atoms with Crippen LogP contribution in [-0.2, 0) is 0 Å². The van der Waals surface area contributed by atoms with Crippen LogP contribution < -0.4 is 44.1 Å². The number of hydrogen-bond acceptors (Lipinski definition) is 7. The van der Waals surface area contributed by atoms with E-state index in [9.17, 15) is 20.1 Å². The number of methoxy groups -OCH3 is 2. The third kappa shape index (κ3) is 6.62. The maximum Gasteiger partial charge on any atom is 1.00 e. The van der Waals surface area contributed by atoms with Crippen molar-refractivity contribution in [2.75, 3.05) is 14.2 Å². The zero-order valence-corrected chi connectivity index (χ0v) is 22.6. The molecule has 8 nitrogen and oxygen atoms in total. The number of aromatic hydroxyl groups is 2. The molecular weight excluding hydrogens is 483 g/mol. The summed E-state index contributed by atoms with van der Waals surface area (Å²) in [6, 6.07) is 18.1. The monoisotopic (exact) mass is 506 g/mol. The summed E-state index contributed by atoms with van der Waals surface area (Å²) in [5, 5.41) is 35.4. The van der Waals surface area contributed by atoms with Crippen molar-refractivity contribution in [2.24, 2.45) is 0 Å². The number of rotatable bonds is 8. The van der Waals surface area contributed by atoms with Gasteiger partial charge in [0.05, 0.1) is 37.3 Å². The van der Waals surface area contributed by atoms with Gasteiger partial charge >= 0.3 is 29.6 Å². The molecule has 0 bridgehead atoms. The quantitative estimate of drug-likeness (QED) is 0.343. The first-order valence-electron chi connectivity index (χ1n) is 10.9. The molecule has 1 aromatic heterocycles. The Labute approximate surface area is 236 Å². The van der Waals surface area contributed by atoms with Gasteiger partial charge in [0, 0.05) is 0 Å². The number of nitrogens with zero attached hydrogens (tertiary/aromatic N) is 2. The molecule has 0 aliphatic carbocycles. The van der Waals surface area contributed by atoms with Crippen molar-refractivity contribution < 1.29 is 59.1 Å². The number of carboxylic acid groups (broad SMARTS) is 1. The summed E-state index contributed by atoms with van der Waals surface area (Å²) in [4.78, 5) is 11.1. The van der Waals surface area contributed by atoms with E-state index >= 15 is 0 Å². The van der Waals surface area contributed by atoms with Crippen LogP contribution in [0.15, 0.2) is 66.7 Å². The molecule has 0 saturated heterocycles. The summed E-state index contributed by atoms with van der Waals surface area (Å²) >= 11 is 0. The fourth-order valence-corrected chi connectivity index (χ4v) is 3.52. The van der Waals surface area contributed by atoms with E-state index in [1.54, 1.807) is 53.2 Å². The number of benzene rings is 3. The maximum atomic E-state index is 11.1. The van der Waals surface area contributed by atoms with Gasteiger partial charge in [-0.05, 0) is 71.3 Å². The third-order valence-corrected chi connectivity index (χ3v) is 5.40. The molecule has 0 unspecified atom stereocenters. The minimum atomic E-state index is -1.25. The number of phenols is 2. The van der Waals surface area contributed by atoms with Crippen LogP contribution in [0.5, 0.6) is 23.0 Å². The van der Waals surface area contributed by atoms with E-state index in [2.05, 4.69) is 5.10 Å². The largest absolute Gasteiger partial charge is 1.00 e. The Bertz CT molecular complexity index is 1460. The molecule has 4 rings (SSSR count). The number of hydrogen-bond donors (Lipinski definition) is 2. The molecule has 4 aromatic rings. The second-order valence-electron chi connectivity index (χ2n) is 7.77. The number of carbonyl (C=O) groups is 1. The van der Waals surface area contributed by atoms with Crippen molar-refractivity contribution >= 4 is 30.3 Å². The van der Waals surface area contributed by atoms with Crippen LogP contribution in [0.3, 0.4) is 0 Å². The van der Waals surface area contributed by atoms with Crippen molar-refractivity contribution in [3.05, 3.63) is 94.8 Å². The van der Waals surface area contributed by atoms with Crippen LogP contribution in [0.1, 0.15) is 32.9 Å². The molecule has 0 saturated carbocycles. The number of phenolic OH excluding ortho intramolecular Hbond substituents is 2. The van der Waals surface area contributed by atoms with Crippen molar-refractivity contribution in [1.82, 2.24) is 9.78 Å². The first-order valence-corrected chi connectivity index (χ1v) is 10.9. The number of aromatic carboxylic acids is 1. The van der Waals surface area contributed by atoms with E-state index in [0.717, 1.165) is 16.8 Å². The molecule has 0 spiro atoms. The molecular formula is C28H23N2NaO6. The SMILES string of the molecule is COc1cc(C=Cc2cc(C=Cc3ccc(O)c(OC)c3)n(-c3ccc(C(=O)[O-])cc3)n2)ccc1O.[Na+]. The standard InChI is InChI=1S/C28H24N2O6.Na/c1-35-26-15-18(5-13-24(26)31)3-9-21-17-23(10-4-19-6-14-25(32)27(16-19)36-2)30(29-21)22-11-7-20(8-12-22)28(33)34;/h3-17,31-32H,1-2H3,(H,33,34);/q;+1/p-1. The number of aromatic nitrogens is 2. The molecule has 0 aliphatic heterocycles. The predicted molar refractivity (Wildman–Crippen MR) is 135 cm³/mol. The van der Waals surface area contributed by atoms with Gasteiger partial charge in [-0.2, -0.15) is 5.10 Å². The Balaban J connectivity index is 0.00000380. The molecule has 0 atom stereocenters. The molecule has 1 heterocycles. The van der Waals surface area contributed by atoms with Crippen LogP contribution in [-0.4, -0.2) is 40.2 Å². The summed E-state index contributed by atoms with van der Waals surface area (Å²) < 4.78 is 12.0. The molecule has 9 heteroatoms. The zero-order valence-electron chi connectivity index (χ0n) is 20.6. The third-order valence-electron chi connectivity index (χ3n) is 5.40. The Kier molecular flexibility index (Phi) is 9.19. The molecule has 3 aromatic carbocycles. The van der Waals surface area contributed by atoms with Gasteiger partial charge in [0.25, 0.3) is 0 Å². The molecule has 37 heavy (non-hydrogen) atoms. The van der Waals surface area contributed by atoms with Gasteiger partial charge in [-0.1, -0.05) is 36.4 Å².